The molecule has 0 bridgehead atoms. The molecule has 182 valence electrons. The lowest BCUT2D eigenvalue weighted by molar-refractivity contribution is 0.0876. The van der Waals surface area contributed by atoms with E-state index in [0.717, 1.165) is 44.7 Å². The third kappa shape index (κ3) is 3.72. The minimum Gasteiger partial charge on any atom is -0.497 e. The number of rotatable bonds is 4. The van der Waals surface area contributed by atoms with E-state index >= 15 is 0 Å². The van der Waals surface area contributed by atoms with E-state index in [-0.39, 0.29) is 17.4 Å². The van der Waals surface area contributed by atoms with Crippen molar-refractivity contribution < 1.29 is 23.4 Å². The molecule has 2 aliphatic rings. The van der Waals surface area contributed by atoms with Gasteiger partial charge in [0.15, 0.2) is 5.76 Å². The number of aryl methyl sites for hydroxylation is 1. The molecule has 0 unspecified atom stereocenters. The van der Waals surface area contributed by atoms with Crippen LogP contribution in [-0.2, 0) is 20.1 Å². The molecule has 0 aliphatic carbocycles. The van der Waals surface area contributed by atoms with Crippen molar-refractivity contribution in [3.63, 3.8) is 0 Å². The molecule has 0 saturated heterocycles. The average molecular weight is 485 g/mol. The Bertz CT molecular complexity index is 1550. The van der Waals surface area contributed by atoms with Crippen LogP contribution in [0.15, 0.2) is 60.5 Å². The van der Waals surface area contributed by atoms with Crippen LogP contribution in [0.1, 0.15) is 32.6 Å². The van der Waals surface area contributed by atoms with Crippen molar-refractivity contribution in [3.05, 3.63) is 94.1 Å². The normalized spacial score (nSPS) is 16.1. The molecule has 3 heterocycles. The zero-order valence-corrected chi connectivity index (χ0v) is 20.3. The number of ether oxygens (including phenoxy) is 3. The molecule has 0 radical (unpaired) electrons. The smallest absolute Gasteiger partial charge is 0.231 e. The molecule has 4 aromatic rings. The Labute approximate surface area is 208 Å². The van der Waals surface area contributed by atoms with Crippen LogP contribution in [0.2, 0.25) is 0 Å². The topological polar surface area (TPSA) is 52.9 Å². The number of methoxy groups -OCH3 is 1. The highest BCUT2D eigenvalue weighted by Crippen LogP contribution is 2.43. The molecule has 6 rings (SSSR count). The number of benzene rings is 3. The van der Waals surface area contributed by atoms with Crippen LogP contribution in [0.25, 0.3) is 17.0 Å². The Morgan fingerprint density at radius 1 is 1.11 bits per heavy atom. The molecule has 1 aromatic heterocycles. The van der Waals surface area contributed by atoms with Gasteiger partial charge in [-0.15, -0.1) is 0 Å². The molecule has 0 N–H and O–H groups in total. The van der Waals surface area contributed by atoms with Crippen molar-refractivity contribution in [3.8, 4) is 17.2 Å². The van der Waals surface area contributed by atoms with Crippen molar-refractivity contribution in [2.75, 3.05) is 13.8 Å². The Morgan fingerprint density at radius 3 is 2.69 bits per heavy atom. The van der Waals surface area contributed by atoms with Gasteiger partial charge >= 0.3 is 0 Å². The van der Waals surface area contributed by atoms with Crippen LogP contribution in [-0.4, -0.2) is 29.1 Å². The number of allylic oxidation sites excluding steroid dienone is 1. The highest BCUT2D eigenvalue weighted by molar-refractivity contribution is 6.15. The van der Waals surface area contributed by atoms with Gasteiger partial charge in [0.05, 0.1) is 12.7 Å². The van der Waals surface area contributed by atoms with Crippen molar-refractivity contribution in [1.82, 2.24) is 9.47 Å². The summed E-state index contributed by atoms with van der Waals surface area (Å²) in [5, 5.41) is 0.979. The van der Waals surface area contributed by atoms with Crippen molar-refractivity contribution in [1.29, 1.82) is 0 Å². The number of hydrogen-bond acceptors (Lipinski definition) is 5. The first-order chi connectivity index (χ1) is 17.4. The number of Topliss-reactive ketones (excluding diaryl/α,β-unsaturated/α-hetero) is 1. The van der Waals surface area contributed by atoms with Gasteiger partial charge in [0.1, 0.15) is 29.8 Å². The first-order valence-electron chi connectivity index (χ1n) is 11.7. The monoisotopic (exact) mass is 484 g/mol. The number of carbonyl (C=O) groups excluding carboxylic acids is 1. The van der Waals surface area contributed by atoms with Crippen LogP contribution in [0.4, 0.5) is 4.39 Å². The molecular formula is C29H25FN2O4. The standard InChI is InChI=1S/C29H25FN2O4/c1-17-28-20(15-32(16-35-28)13-18-4-6-21(30)7-5-18)10-24-27(33)26(36-29(17)24)11-19-14-31(2)25-9-8-22(34-3)12-23(19)25/h4-12,14H,13,15-16H2,1-3H3/b26-11-. The maximum Gasteiger partial charge on any atom is 0.231 e. The second-order valence-electron chi connectivity index (χ2n) is 9.27. The fourth-order valence-electron chi connectivity index (χ4n) is 5.03. The van der Waals surface area contributed by atoms with Crippen LogP contribution in [0.5, 0.6) is 17.2 Å². The van der Waals surface area contributed by atoms with E-state index in [4.69, 9.17) is 14.2 Å². The van der Waals surface area contributed by atoms with E-state index in [9.17, 15) is 9.18 Å². The summed E-state index contributed by atoms with van der Waals surface area (Å²) in [5.74, 6) is 1.94. The lowest BCUT2D eigenvalue weighted by Crippen LogP contribution is -2.32. The number of fused-ring (bicyclic) bond motifs is 3. The van der Waals surface area contributed by atoms with Crippen molar-refractivity contribution in [2.24, 2.45) is 7.05 Å². The quantitative estimate of drug-likeness (QED) is 0.353. The minimum atomic E-state index is -0.254. The summed E-state index contributed by atoms with van der Waals surface area (Å²) >= 11 is 0. The summed E-state index contributed by atoms with van der Waals surface area (Å²) in [5.41, 5.74) is 5.21. The van der Waals surface area contributed by atoms with E-state index in [2.05, 4.69) is 4.90 Å². The summed E-state index contributed by atoms with van der Waals surface area (Å²) in [4.78, 5) is 15.5. The van der Waals surface area contributed by atoms with Gasteiger partial charge < -0.3 is 18.8 Å². The molecule has 0 atom stereocenters. The Balaban J connectivity index is 1.31. The average Bonchev–Trinajstić information content (AvgIpc) is 3.36. The highest BCUT2D eigenvalue weighted by atomic mass is 19.1. The molecular weight excluding hydrogens is 459 g/mol. The van der Waals surface area contributed by atoms with Crippen LogP contribution in [0, 0.1) is 12.7 Å². The van der Waals surface area contributed by atoms with Gasteiger partial charge in [0, 0.05) is 53.9 Å². The fourth-order valence-corrected chi connectivity index (χ4v) is 5.03. The second-order valence-corrected chi connectivity index (χ2v) is 9.27. The van der Waals surface area contributed by atoms with Gasteiger partial charge in [0.2, 0.25) is 5.78 Å². The number of aromatic nitrogens is 1. The molecule has 2 aliphatic heterocycles. The van der Waals surface area contributed by atoms with Crippen molar-refractivity contribution in [2.45, 2.75) is 20.0 Å². The van der Waals surface area contributed by atoms with Gasteiger partial charge in [-0.05, 0) is 55.0 Å². The summed E-state index contributed by atoms with van der Waals surface area (Å²) in [6.07, 6.45) is 3.77. The van der Waals surface area contributed by atoms with Gasteiger partial charge in [-0.2, -0.15) is 0 Å². The first kappa shape index (κ1) is 22.4. The van der Waals surface area contributed by atoms with Crippen LogP contribution >= 0.6 is 0 Å². The van der Waals surface area contributed by atoms with Gasteiger partial charge in [0.25, 0.3) is 0 Å². The molecule has 3 aromatic carbocycles. The predicted molar refractivity (Wildman–Crippen MR) is 135 cm³/mol. The Kier molecular flexibility index (Phi) is 5.30. The summed E-state index contributed by atoms with van der Waals surface area (Å²) in [7, 11) is 3.60. The third-order valence-electron chi connectivity index (χ3n) is 6.84. The van der Waals surface area contributed by atoms with Gasteiger partial charge in [-0.1, -0.05) is 12.1 Å². The van der Waals surface area contributed by atoms with Crippen molar-refractivity contribution >= 4 is 22.8 Å². The lowest BCUT2D eigenvalue weighted by Gasteiger charge is -2.30. The van der Waals surface area contributed by atoms with E-state index in [1.165, 1.54) is 12.1 Å². The third-order valence-corrected chi connectivity index (χ3v) is 6.84. The number of hydrogen-bond donors (Lipinski definition) is 0. The molecule has 36 heavy (non-hydrogen) atoms. The fraction of sp³-hybridized carbons (Fsp3) is 0.207. The first-order valence-corrected chi connectivity index (χ1v) is 11.7. The van der Waals surface area contributed by atoms with Crippen LogP contribution in [0.3, 0.4) is 0 Å². The molecule has 6 nitrogen and oxygen atoms in total. The Morgan fingerprint density at radius 2 is 1.92 bits per heavy atom. The molecule has 0 spiro atoms. The zero-order valence-electron chi connectivity index (χ0n) is 20.3. The molecule has 0 fully saturated rings. The number of halogens is 1. The largest absolute Gasteiger partial charge is 0.497 e. The predicted octanol–water partition coefficient (Wildman–Crippen LogP) is 5.60. The van der Waals surface area contributed by atoms with Gasteiger partial charge in [-0.3, -0.25) is 9.69 Å². The molecule has 7 heteroatoms. The SMILES string of the molecule is COc1ccc2c(c1)c(/C=C1\Oc3c(cc4c(c3C)OCN(Cc3ccc(F)cc3)C4)C1=O)cn2C. The van der Waals surface area contributed by atoms with E-state index < -0.39 is 0 Å². The Hall–Kier alpha value is -4.10. The summed E-state index contributed by atoms with van der Waals surface area (Å²) in [6, 6.07) is 14.2. The molecule has 0 saturated carbocycles. The number of nitrogens with zero attached hydrogens (tertiary/aromatic N) is 2. The number of carbonyl (C=O) groups is 1. The van der Waals surface area contributed by atoms with E-state index in [1.54, 1.807) is 25.3 Å². The minimum absolute atomic E-state index is 0.147. The zero-order chi connectivity index (χ0) is 25.0. The molecule has 0 amide bonds. The summed E-state index contributed by atoms with van der Waals surface area (Å²) < 4.78 is 32.9. The summed E-state index contributed by atoms with van der Waals surface area (Å²) in [6.45, 7) is 3.57. The van der Waals surface area contributed by atoms with Gasteiger partial charge in [-0.25, -0.2) is 4.39 Å². The maximum absolute atomic E-state index is 13.4. The van der Waals surface area contributed by atoms with E-state index in [1.807, 2.05) is 49.0 Å². The van der Waals surface area contributed by atoms with Crippen LogP contribution < -0.4 is 14.2 Å². The highest BCUT2D eigenvalue weighted by Gasteiger charge is 2.33. The van der Waals surface area contributed by atoms with E-state index in [0.29, 0.717) is 31.1 Å². The number of ketones is 1. The lowest BCUT2D eigenvalue weighted by atomic mass is 9.99. The second kappa shape index (κ2) is 8.53. The maximum atomic E-state index is 13.4.